The molecule has 7 heteroatoms. The smallest absolute Gasteiger partial charge is 0.257 e. The minimum absolute atomic E-state index is 0.162. The van der Waals surface area contributed by atoms with Crippen molar-refractivity contribution in [2.75, 3.05) is 16.0 Å². The summed E-state index contributed by atoms with van der Waals surface area (Å²) in [5, 5.41) is 18.3. The molecule has 0 radical (unpaired) electrons. The number of carbonyl (C=O) groups excluding carboxylic acids is 3. The largest absolute Gasteiger partial charge is 0.508 e. The molecule has 0 aliphatic carbocycles. The lowest BCUT2D eigenvalue weighted by atomic mass is 9.99. The molecule has 3 aromatic carbocycles. The van der Waals surface area contributed by atoms with Crippen LogP contribution in [0.1, 0.15) is 34.0 Å². The maximum atomic E-state index is 12.9. The number of rotatable bonds is 5. The molecule has 1 aliphatic heterocycles. The number of benzene rings is 3. The molecule has 4 N–H and O–H groups in total. The highest BCUT2D eigenvalue weighted by Crippen LogP contribution is 2.33. The van der Waals surface area contributed by atoms with Crippen molar-refractivity contribution in [2.24, 2.45) is 0 Å². The van der Waals surface area contributed by atoms with Crippen molar-refractivity contribution in [3.63, 3.8) is 0 Å². The monoisotopic (exact) mass is 427 g/mol. The topological polar surface area (TPSA) is 108 Å². The van der Waals surface area contributed by atoms with E-state index in [0.29, 0.717) is 39.3 Å². The average molecular weight is 427 g/mol. The molecule has 160 valence electrons. The summed E-state index contributed by atoms with van der Waals surface area (Å²) in [7, 11) is 0. The standard InChI is InChI=1S/C25H21N3O4/c1-14-6-8-18(12-23(14)30)26-13-21-20-9-7-17(11-22(20)28-25(21)32)24(31)16-4-3-5-19(10-16)27-15(2)29/h3-13,26,30H,1-2H3,(H,27,29)(H,28,32). The van der Waals surface area contributed by atoms with Crippen molar-refractivity contribution < 1.29 is 19.5 Å². The number of ketones is 1. The molecule has 0 aromatic heterocycles. The van der Waals surface area contributed by atoms with E-state index in [2.05, 4.69) is 16.0 Å². The molecule has 1 heterocycles. The molecule has 4 rings (SSSR count). The Bertz CT molecular complexity index is 1290. The Kier molecular flexibility index (Phi) is 5.47. The number of phenols is 1. The van der Waals surface area contributed by atoms with E-state index in [1.54, 1.807) is 73.8 Å². The highest BCUT2D eigenvalue weighted by molar-refractivity contribution is 6.32. The lowest BCUT2D eigenvalue weighted by Crippen LogP contribution is -2.08. The quantitative estimate of drug-likeness (QED) is 0.359. The number of anilines is 3. The minimum atomic E-state index is -0.291. The molecule has 2 amide bonds. The first kappa shape index (κ1) is 20.9. The molecule has 1 aliphatic rings. The van der Waals surface area contributed by atoms with Crippen LogP contribution in [-0.4, -0.2) is 22.7 Å². The normalized spacial score (nSPS) is 13.4. The van der Waals surface area contributed by atoms with Crippen LogP contribution in [0.2, 0.25) is 0 Å². The number of carbonyl (C=O) groups is 3. The van der Waals surface area contributed by atoms with Gasteiger partial charge < -0.3 is 21.1 Å². The van der Waals surface area contributed by atoms with Crippen molar-refractivity contribution in [3.8, 4) is 5.75 Å². The van der Waals surface area contributed by atoms with E-state index in [1.165, 1.54) is 6.92 Å². The number of hydrogen-bond acceptors (Lipinski definition) is 5. The van der Waals surface area contributed by atoms with E-state index in [0.717, 1.165) is 5.56 Å². The molecular formula is C25H21N3O4. The molecule has 32 heavy (non-hydrogen) atoms. The van der Waals surface area contributed by atoms with Crippen molar-refractivity contribution in [3.05, 3.63) is 89.1 Å². The Morgan fingerprint density at radius 3 is 2.50 bits per heavy atom. The maximum absolute atomic E-state index is 12.9. The molecule has 0 spiro atoms. The summed E-state index contributed by atoms with van der Waals surface area (Å²) < 4.78 is 0. The van der Waals surface area contributed by atoms with Crippen LogP contribution in [0, 0.1) is 6.92 Å². The number of aromatic hydroxyl groups is 1. The van der Waals surface area contributed by atoms with Gasteiger partial charge in [-0.3, -0.25) is 14.4 Å². The van der Waals surface area contributed by atoms with Crippen LogP contribution in [0.5, 0.6) is 5.75 Å². The molecule has 0 saturated heterocycles. The van der Waals surface area contributed by atoms with Crippen molar-refractivity contribution in [1.82, 2.24) is 0 Å². The van der Waals surface area contributed by atoms with Gasteiger partial charge in [-0.25, -0.2) is 0 Å². The summed E-state index contributed by atoms with van der Waals surface area (Å²) in [6.45, 7) is 3.20. The van der Waals surface area contributed by atoms with Gasteiger partial charge in [0.05, 0.1) is 5.57 Å². The van der Waals surface area contributed by atoms with Gasteiger partial charge in [0.2, 0.25) is 5.91 Å². The highest BCUT2D eigenvalue weighted by atomic mass is 16.3. The van der Waals surface area contributed by atoms with Gasteiger partial charge in [-0.2, -0.15) is 0 Å². The van der Waals surface area contributed by atoms with E-state index in [1.807, 2.05) is 0 Å². The second-order valence-electron chi connectivity index (χ2n) is 7.51. The Morgan fingerprint density at radius 1 is 0.969 bits per heavy atom. The number of hydrogen-bond donors (Lipinski definition) is 4. The van der Waals surface area contributed by atoms with Crippen molar-refractivity contribution in [1.29, 1.82) is 0 Å². The molecule has 0 unspecified atom stereocenters. The first-order valence-electron chi connectivity index (χ1n) is 9.96. The lowest BCUT2D eigenvalue weighted by molar-refractivity contribution is -0.114. The van der Waals surface area contributed by atoms with Crippen LogP contribution in [0.3, 0.4) is 0 Å². The third kappa shape index (κ3) is 4.22. The summed E-state index contributed by atoms with van der Waals surface area (Å²) in [5.74, 6) is -0.569. The van der Waals surface area contributed by atoms with Crippen molar-refractivity contribution >= 4 is 40.2 Å². The minimum Gasteiger partial charge on any atom is -0.508 e. The second-order valence-corrected chi connectivity index (χ2v) is 7.51. The van der Waals surface area contributed by atoms with E-state index in [9.17, 15) is 19.5 Å². The number of amides is 2. The molecule has 0 atom stereocenters. The first-order valence-corrected chi connectivity index (χ1v) is 9.96. The Balaban J connectivity index is 1.58. The lowest BCUT2D eigenvalue weighted by Gasteiger charge is -2.07. The van der Waals surface area contributed by atoms with Crippen molar-refractivity contribution in [2.45, 2.75) is 13.8 Å². The van der Waals surface area contributed by atoms with Crippen LogP contribution >= 0.6 is 0 Å². The fourth-order valence-electron chi connectivity index (χ4n) is 3.44. The van der Waals surface area contributed by atoms with Gasteiger partial charge in [0, 0.05) is 52.9 Å². The summed E-state index contributed by atoms with van der Waals surface area (Å²) in [5.41, 5.74) is 4.42. The summed E-state index contributed by atoms with van der Waals surface area (Å²) in [4.78, 5) is 36.7. The van der Waals surface area contributed by atoms with Crippen LogP contribution in [0.4, 0.5) is 17.1 Å². The van der Waals surface area contributed by atoms with Gasteiger partial charge in [-0.15, -0.1) is 0 Å². The van der Waals surface area contributed by atoms with Crippen LogP contribution in [0.25, 0.3) is 5.57 Å². The SMILES string of the molecule is CC(=O)Nc1cccc(C(=O)c2ccc3c(c2)NC(=O)C3=CNc2ccc(C)c(O)c2)c1. The number of fused-ring (bicyclic) bond motifs is 1. The molecule has 0 saturated carbocycles. The summed E-state index contributed by atoms with van der Waals surface area (Å²) in [6, 6.07) is 16.9. The molecule has 0 bridgehead atoms. The highest BCUT2D eigenvalue weighted by Gasteiger charge is 2.25. The van der Waals surface area contributed by atoms with Gasteiger partial charge >= 0.3 is 0 Å². The molecule has 7 nitrogen and oxygen atoms in total. The number of aryl methyl sites for hydroxylation is 1. The van der Waals surface area contributed by atoms with Gasteiger partial charge in [0.15, 0.2) is 5.78 Å². The Morgan fingerprint density at radius 2 is 1.75 bits per heavy atom. The first-order chi connectivity index (χ1) is 15.3. The average Bonchev–Trinajstić information content (AvgIpc) is 3.08. The van der Waals surface area contributed by atoms with Gasteiger partial charge in [0.1, 0.15) is 5.75 Å². The Labute approximate surface area is 184 Å². The summed E-state index contributed by atoms with van der Waals surface area (Å²) in [6.07, 6.45) is 1.57. The Hall–Kier alpha value is -4.39. The van der Waals surface area contributed by atoms with Gasteiger partial charge in [-0.05, 0) is 36.8 Å². The number of nitrogens with one attached hydrogen (secondary N) is 3. The predicted molar refractivity (Wildman–Crippen MR) is 124 cm³/mol. The van der Waals surface area contributed by atoms with Crippen LogP contribution in [0.15, 0.2) is 66.9 Å². The van der Waals surface area contributed by atoms with Gasteiger partial charge in [-0.1, -0.05) is 30.3 Å². The second kappa shape index (κ2) is 8.39. The fraction of sp³-hybridized carbons (Fsp3) is 0.0800. The van der Waals surface area contributed by atoms with E-state index >= 15 is 0 Å². The van der Waals surface area contributed by atoms with Crippen LogP contribution < -0.4 is 16.0 Å². The third-order valence-corrected chi connectivity index (χ3v) is 5.10. The third-order valence-electron chi connectivity index (χ3n) is 5.10. The molecule has 3 aromatic rings. The van der Waals surface area contributed by atoms with Gasteiger partial charge in [0.25, 0.3) is 5.91 Å². The molecule has 0 fully saturated rings. The number of phenolic OH excluding ortho intramolecular Hbond substituents is 1. The zero-order valence-electron chi connectivity index (χ0n) is 17.5. The predicted octanol–water partition coefficient (Wildman–Crippen LogP) is 4.30. The van der Waals surface area contributed by atoms with Crippen LogP contribution in [-0.2, 0) is 9.59 Å². The molecular weight excluding hydrogens is 406 g/mol. The zero-order chi connectivity index (χ0) is 22.8. The van der Waals surface area contributed by atoms with E-state index < -0.39 is 0 Å². The van der Waals surface area contributed by atoms with E-state index in [4.69, 9.17) is 0 Å². The summed E-state index contributed by atoms with van der Waals surface area (Å²) >= 11 is 0. The fourth-order valence-corrected chi connectivity index (χ4v) is 3.44. The maximum Gasteiger partial charge on any atom is 0.257 e. The zero-order valence-corrected chi connectivity index (χ0v) is 17.5. The van der Waals surface area contributed by atoms with E-state index in [-0.39, 0.29) is 23.3 Å².